The molecule has 26 heavy (non-hydrogen) atoms. The second-order valence-corrected chi connectivity index (χ2v) is 8.12. The van der Waals surface area contributed by atoms with Gasteiger partial charge in [-0.1, -0.05) is 30.6 Å². The zero-order valence-electron chi connectivity index (χ0n) is 15.1. The number of amides is 1. The van der Waals surface area contributed by atoms with E-state index in [-0.39, 0.29) is 11.8 Å². The largest absolute Gasteiger partial charge is 0.493 e. The quantitative estimate of drug-likeness (QED) is 0.870. The average molecular weight is 375 g/mol. The zero-order chi connectivity index (χ0) is 17.9. The van der Waals surface area contributed by atoms with Crippen LogP contribution in [0.4, 0.5) is 5.13 Å². The number of methoxy groups -OCH3 is 1. The number of pyridine rings is 1. The summed E-state index contributed by atoms with van der Waals surface area (Å²) in [5.41, 5.74) is 1.85. The van der Waals surface area contributed by atoms with Crippen LogP contribution in [0, 0.1) is 5.92 Å². The molecule has 6 nitrogen and oxygen atoms in total. The van der Waals surface area contributed by atoms with Crippen LogP contribution in [0.2, 0.25) is 0 Å². The van der Waals surface area contributed by atoms with Crippen molar-refractivity contribution < 1.29 is 14.3 Å². The van der Waals surface area contributed by atoms with E-state index in [0.29, 0.717) is 16.8 Å². The van der Waals surface area contributed by atoms with Gasteiger partial charge in [-0.25, -0.2) is 4.98 Å². The number of carbonyl (C=O) groups excluding carboxylic acids is 1. The maximum absolute atomic E-state index is 12.6. The van der Waals surface area contributed by atoms with Gasteiger partial charge in [-0.05, 0) is 25.7 Å². The first-order chi connectivity index (χ1) is 12.8. The molecule has 0 bridgehead atoms. The smallest absolute Gasteiger partial charge is 0.229 e. The normalized spacial score (nSPS) is 19.6. The Morgan fingerprint density at radius 1 is 1.23 bits per heavy atom. The number of thiazole rings is 1. The topological polar surface area (TPSA) is 73.3 Å². The minimum absolute atomic E-state index is 0.100. The third-order valence-electron chi connectivity index (χ3n) is 5.45. The van der Waals surface area contributed by atoms with Gasteiger partial charge in [0.1, 0.15) is 5.52 Å². The Hall–Kier alpha value is -1.73. The van der Waals surface area contributed by atoms with Crippen molar-refractivity contribution in [2.45, 2.75) is 50.9 Å². The summed E-state index contributed by atoms with van der Waals surface area (Å²) in [5.74, 6) is 1.25. The fourth-order valence-electron chi connectivity index (χ4n) is 3.95. The molecule has 0 aromatic carbocycles. The van der Waals surface area contributed by atoms with Gasteiger partial charge in [-0.2, -0.15) is 0 Å². The van der Waals surface area contributed by atoms with Gasteiger partial charge in [0, 0.05) is 25.0 Å². The van der Waals surface area contributed by atoms with Gasteiger partial charge in [-0.15, -0.1) is 0 Å². The predicted octanol–water partition coefficient (Wildman–Crippen LogP) is 4.11. The van der Waals surface area contributed by atoms with Gasteiger partial charge in [-0.3, -0.25) is 9.78 Å². The maximum Gasteiger partial charge on any atom is 0.229 e. The highest BCUT2D eigenvalue weighted by atomic mass is 32.1. The van der Waals surface area contributed by atoms with Crippen molar-refractivity contribution >= 4 is 32.6 Å². The molecule has 1 aliphatic carbocycles. The molecule has 0 radical (unpaired) electrons. The van der Waals surface area contributed by atoms with Gasteiger partial charge in [0.05, 0.1) is 23.7 Å². The van der Waals surface area contributed by atoms with E-state index < -0.39 is 0 Å². The Morgan fingerprint density at radius 2 is 2.00 bits per heavy atom. The Bertz CT molecular complexity index is 780. The van der Waals surface area contributed by atoms with E-state index in [1.54, 1.807) is 13.3 Å². The van der Waals surface area contributed by atoms with Gasteiger partial charge >= 0.3 is 0 Å². The first-order valence-corrected chi connectivity index (χ1v) is 10.3. The molecule has 7 heteroatoms. The van der Waals surface area contributed by atoms with Crippen molar-refractivity contribution in [1.29, 1.82) is 0 Å². The number of hydrogen-bond donors (Lipinski definition) is 1. The Balaban J connectivity index is 1.62. The van der Waals surface area contributed by atoms with E-state index in [4.69, 9.17) is 9.47 Å². The molecule has 1 amide bonds. The first kappa shape index (κ1) is 17.7. The molecule has 0 spiro atoms. The fraction of sp³-hybridized carbons (Fsp3) is 0.632. The third kappa shape index (κ3) is 3.55. The van der Waals surface area contributed by atoms with E-state index in [9.17, 15) is 4.79 Å². The molecule has 2 aromatic rings. The van der Waals surface area contributed by atoms with E-state index >= 15 is 0 Å². The molecular weight excluding hydrogens is 350 g/mol. The summed E-state index contributed by atoms with van der Waals surface area (Å²) in [6, 6.07) is 0. The van der Waals surface area contributed by atoms with E-state index in [1.807, 2.05) is 0 Å². The summed E-state index contributed by atoms with van der Waals surface area (Å²) in [7, 11) is 1.63. The molecule has 1 saturated carbocycles. The number of rotatable bonds is 4. The SMILES string of the molecule is COc1cnc(C2CCOCC2)c2sc(NC(=O)C3CCCCC3)nc12. The first-order valence-electron chi connectivity index (χ1n) is 9.48. The van der Waals surface area contributed by atoms with Crippen molar-refractivity contribution in [2.75, 3.05) is 25.6 Å². The molecule has 2 aromatic heterocycles. The van der Waals surface area contributed by atoms with Crippen molar-refractivity contribution in [3.8, 4) is 5.75 Å². The Morgan fingerprint density at radius 3 is 2.73 bits per heavy atom. The monoisotopic (exact) mass is 375 g/mol. The summed E-state index contributed by atoms with van der Waals surface area (Å²) in [6.45, 7) is 1.54. The second-order valence-electron chi connectivity index (χ2n) is 7.12. The lowest BCUT2D eigenvalue weighted by molar-refractivity contribution is -0.120. The Kier molecular flexibility index (Phi) is 5.36. The summed E-state index contributed by atoms with van der Waals surface area (Å²) in [5, 5.41) is 3.69. The Labute approximate surface area is 157 Å². The van der Waals surface area contributed by atoms with Gasteiger partial charge in [0.15, 0.2) is 10.9 Å². The number of anilines is 1. The summed E-state index contributed by atoms with van der Waals surface area (Å²) < 4.78 is 12.0. The molecule has 1 N–H and O–H groups in total. The molecule has 0 unspecified atom stereocenters. The van der Waals surface area contributed by atoms with Crippen LogP contribution in [0.15, 0.2) is 6.20 Å². The molecule has 1 saturated heterocycles. The van der Waals surface area contributed by atoms with Crippen LogP contribution in [0.1, 0.15) is 56.6 Å². The summed E-state index contributed by atoms with van der Waals surface area (Å²) in [6.07, 6.45) is 9.17. The number of nitrogens with zero attached hydrogens (tertiary/aromatic N) is 2. The predicted molar refractivity (Wildman–Crippen MR) is 102 cm³/mol. The lowest BCUT2D eigenvalue weighted by Crippen LogP contribution is -2.24. The highest BCUT2D eigenvalue weighted by Crippen LogP contribution is 2.39. The molecular formula is C19H25N3O3S. The van der Waals surface area contributed by atoms with Crippen molar-refractivity contribution in [3.05, 3.63) is 11.9 Å². The highest BCUT2D eigenvalue weighted by molar-refractivity contribution is 7.22. The highest BCUT2D eigenvalue weighted by Gasteiger charge is 2.25. The molecule has 2 aliphatic rings. The molecule has 2 fully saturated rings. The number of fused-ring (bicyclic) bond motifs is 1. The van der Waals surface area contributed by atoms with E-state index in [0.717, 1.165) is 67.6 Å². The fourth-order valence-corrected chi connectivity index (χ4v) is 4.99. The molecule has 1 aliphatic heterocycles. The van der Waals surface area contributed by atoms with Crippen molar-refractivity contribution in [3.63, 3.8) is 0 Å². The zero-order valence-corrected chi connectivity index (χ0v) is 15.9. The number of ether oxygens (including phenoxy) is 2. The van der Waals surface area contributed by atoms with E-state index in [2.05, 4.69) is 15.3 Å². The third-order valence-corrected chi connectivity index (χ3v) is 6.44. The van der Waals surface area contributed by atoms with Crippen LogP contribution in [0.3, 0.4) is 0 Å². The molecule has 3 heterocycles. The van der Waals surface area contributed by atoms with Gasteiger partial charge < -0.3 is 14.8 Å². The molecule has 140 valence electrons. The lowest BCUT2D eigenvalue weighted by Gasteiger charge is -2.21. The van der Waals surface area contributed by atoms with Gasteiger partial charge in [0.25, 0.3) is 0 Å². The molecule has 4 rings (SSSR count). The van der Waals surface area contributed by atoms with Crippen LogP contribution < -0.4 is 10.1 Å². The summed E-state index contributed by atoms with van der Waals surface area (Å²) >= 11 is 1.51. The van der Waals surface area contributed by atoms with Crippen LogP contribution in [-0.4, -0.2) is 36.2 Å². The number of aromatic nitrogens is 2. The average Bonchev–Trinajstić information content (AvgIpc) is 3.12. The van der Waals surface area contributed by atoms with Crippen molar-refractivity contribution in [2.24, 2.45) is 5.92 Å². The van der Waals surface area contributed by atoms with Crippen LogP contribution in [0.5, 0.6) is 5.75 Å². The maximum atomic E-state index is 12.6. The number of carbonyl (C=O) groups is 1. The van der Waals surface area contributed by atoms with E-state index in [1.165, 1.54) is 17.8 Å². The van der Waals surface area contributed by atoms with Crippen molar-refractivity contribution in [1.82, 2.24) is 9.97 Å². The number of hydrogen-bond acceptors (Lipinski definition) is 6. The second kappa shape index (κ2) is 7.88. The minimum Gasteiger partial charge on any atom is -0.493 e. The van der Waals surface area contributed by atoms with Crippen LogP contribution >= 0.6 is 11.3 Å². The lowest BCUT2D eigenvalue weighted by atomic mass is 9.89. The standard InChI is InChI=1S/C19H25N3O3S/c1-24-14-11-20-15(12-7-9-25-10-8-12)17-16(14)21-19(26-17)22-18(23)13-5-3-2-4-6-13/h11-13H,2-10H2,1H3,(H,21,22,23). The van der Waals surface area contributed by atoms with Gasteiger partial charge in [0.2, 0.25) is 5.91 Å². The van der Waals surface area contributed by atoms with Crippen LogP contribution in [0.25, 0.3) is 10.2 Å². The minimum atomic E-state index is 0.100. The molecule has 0 atom stereocenters. The summed E-state index contributed by atoms with van der Waals surface area (Å²) in [4.78, 5) is 21.9. The number of nitrogens with one attached hydrogen (secondary N) is 1. The van der Waals surface area contributed by atoms with Crippen LogP contribution in [-0.2, 0) is 9.53 Å².